The summed E-state index contributed by atoms with van der Waals surface area (Å²) in [5.74, 6) is 0. The molecule has 0 saturated heterocycles. The second-order valence-electron chi connectivity index (χ2n) is 6.70. The predicted octanol–water partition coefficient (Wildman–Crippen LogP) is 6.89. The summed E-state index contributed by atoms with van der Waals surface area (Å²) in [6.45, 7) is 6.29. The van der Waals surface area contributed by atoms with Crippen LogP contribution in [-0.2, 0) is 0 Å². The van der Waals surface area contributed by atoms with E-state index in [0.717, 1.165) is 44.0 Å². The number of para-hydroxylation sites is 1. The predicted molar refractivity (Wildman–Crippen MR) is 123 cm³/mol. The number of benzene rings is 3. The van der Waals surface area contributed by atoms with Crippen molar-refractivity contribution in [2.24, 2.45) is 0 Å². The summed E-state index contributed by atoms with van der Waals surface area (Å²) >= 11 is 3.58. The molecule has 0 amide bonds. The van der Waals surface area contributed by atoms with Gasteiger partial charge in [0.2, 0.25) is 0 Å². The fourth-order valence-corrected chi connectivity index (χ4v) is 3.96. The maximum absolute atomic E-state index is 13.7. The Balaban J connectivity index is 2.20. The van der Waals surface area contributed by atoms with Gasteiger partial charge in [-0.25, -0.2) is 0 Å². The Kier molecular flexibility index (Phi) is 5.01. The molecule has 0 atom stereocenters. The zero-order valence-electron chi connectivity index (χ0n) is 15.7. The zero-order chi connectivity index (χ0) is 19.7. The van der Waals surface area contributed by atoms with Crippen molar-refractivity contribution in [1.29, 1.82) is 0 Å². The Labute approximate surface area is 172 Å². The molecule has 0 fully saturated rings. The topological polar surface area (TPSA) is 22.0 Å². The molecule has 0 N–H and O–H groups in total. The van der Waals surface area contributed by atoms with E-state index in [-0.39, 0.29) is 5.56 Å². The molecule has 0 aliphatic rings. The van der Waals surface area contributed by atoms with E-state index < -0.39 is 0 Å². The molecule has 4 rings (SSSR count). The first kappa shape index (κ1) is 18.5. The van der Waals surface area contributed by atoms with Crippen molar-refractivity contribution in [3.05, 3.63) is 106 Å². The average Bonchev–Trinajstić information content (AvgIpc) is 2.73. The molecule has 0 saturated carbocycles. The van der Waals surface area contributed by atoms with Crippen molar-refractivity contribution in [2.75, 3.05) is 0 Å². The van der Waals surface area contributed by atoms with Crippen LogP contribution in [-0.4, -0.2) is 4.57 Å². The first-order valence-corrected chi connectivity index (χ1v) is 10.1. The van der Waals surface area contributed by atoms with Crippen LogP contribution in [0.2, 0.25) is 0 Å². The third kappa shape index (κ3) is 3.12. The van der Waals surface area contributed by atoms with E-state index >= 15 is 0 Å². The van der Waals surface area contributed by atoms with Crippen LogP contribution in [0.3, 0.4) is 0 Å². The molecule has 0 radical (unpaired) electrons. The normalized spacial score (nSPS) is 11.5. The van der Waals surface area contributed by atoms with Gasteiger partial charge in [-0.05, 0) is 53.3 Å². The fourth-order valence-electron chi connectivity index (χ4n) is 3.60. The summed E-state index contributed by atoms with van der Waals surface area (Å²) in [4.78, 5) is 13.7. The van der Waals surface area contributed by atoms with Crippen LogP contribution in [0.15, 0.2) is 94.7 Å². The van der Waals surface area contributed by atoms with Gasteiger partial charge in [0.15, 0.2) is 0 Å². The first-order chi connectivity index (χ1) is 13.6. The first-order valence-electron chi connectivity index (χ1n) is 9.30. The molecule has 0 aliphatic carbocycles. The van der Waals surface area contributed by atoms with E-state index in [0.29, 0.717) is 5.39 Å². The lowest BCUT2D eigenvalue weighted by molar-refractivity contribution is 1.06. The average molecular weight is 430 g/mol. The number of rotatable bonds is 4. The molecular weight excluding hydrogens is 410 g/mol. The van der Waals surface area contributed by atoms with Gasteiger partial charge < -0.3 is 0 Å². The summed E-state index contributed by atoms with van der Waals surface area (Å²) < 4.78 is 2.78. The molecule has 1 heterocycles. The van der Waals surface area contributed by atoms with E-state index in [9.17, 15) is 4.79 Å². The highest BCUT2D eigenvalue weighted by atomic mass is 79.9. The lowest BCUT2D eigenvalue weighted by Crippen LogP contribution is -2.20. The summed E-state index contributed by atoms with van der Waals surface area (Å²) in [6.07, 6.45) is 4.98. The lowest BCUT2D eigenvalue weighted by atomic mass is 9.97. The van der Waals surface area contributed by atoms with Crippen molar-refractivity contribution >= 4 is 43.2 Å². The zero-order valence-corrected chi connectivity index (χ0v) is 17.2. The third-order valence-electron chi connectivity index (χ3n) is 4.89. The highest BCUT2D eigenvalue weighted by molar-refractivity contribution is 9.10. The molecule has 3 heteroatoms. The smallest absolute Gasteiger partial charge is 0.264 e. The van der Waals surface area contributed by atoms with Crippen LogP contribution in [0.25, 0.3) is 32.9 Å². The van der Waals surface area contributed by atoms with Gasteiger partial charge in [0, 0.05) is 15.5 Å². The van der Waals surface area contributed by atoms with E-state index in [1.54, 1.807) is 4.57 Å². The summed E-state index contributed by atoms with van der Waals surface area (Å²) in [6, 6.07) is 21.8. The minimum Gasteiger partial charge on any atom is -0.276 e. The van der Waals surface area contributed by atoms with Crippen LogP contribution in [0.4, 0.5) is 0 Å². The number of halogens is 1. The second kappa shape index (κ2) is 7.61. The van der Waals surface area contributed by atoms with Crippen LogP contribution in [0.5, 0.6) is 0 Å². The quantitative estimate of drug-likeness (QED) is 0.255. The van der Waals surface area contributed by atoms with E-state index in [1.165, 1.54) is 0 Å². The van der Waals surface area contributed by atoms with Crippen LogP contribution in [0.1, 0.15) is 18.9 Å². The number of pyridine rings is 1. The minimum atomic E-state index is -0.0299. The number of fused-ring (bicyclic) bond motifs is 3. The number of hydrogen-bond donors (Lipinski definition) is 0. The third-order valence-corrected chi connectivity index (χ3v) is 5.38. The van der Waals surface area contributed by atoms with Crippen LogP contribution in [0, 0.1) is 0 Å². The highest BCUT2D eigenvalue weighted by Gasteiger charge is 2.16. The standard InChI is InChI=1S/C25H20BrNO/c1-3-4-9-17(2)20-12-8-13-21-22-16-18(26)14-15-23(22)27(25(28)24(20)21)19-10-6-5-7-11-19/h4-16H,2-3H2,1H3/b9-4-. The van der Waals surface area contributed by atoms with Crippen LogP contribution < -0.4 is 5.56 Å². The van der Waals surface area contributed by atoms with Gasteiger partial charge >= 0.3 is 0 Å². The Morgan fingerprint density at radius 2 is 1.82 bits per heavy atom. The van der Waals surface area contributed by atoms with Crippen molar-refractivity contribution in [3.63, 3.8) is 0 Å². The number of nitrogens with zero attached hydrogens (tertiary/aromatic N) is 1. The van der Waals surface area contributed by atoms with Gasteiger partial charge in [0.25, 0.3) is 5.56 Å². The van der Waals surface area contributed by atoms with Crippen molar-refractivity contribution in [1.82, 2.24) is 4.57 Å². The van der Waals surface area contributed by atoms with Crippen molar-refractivity contribution < 1.29 is 0 Å². The number of allylic oxidation sites excluding steroid dienone is 3. The van der Waals surface area contributed by atoms with Gasteiger partial charge in [-0.3, -0.25) is 9.36 Å². The van der Waals surface area contributed by atoms with Crippen LogP contribution >= 0.6 is 15.9 Å². The number of aromatic nitrogens is 1. The van der Waals surface area contributed by atoms with Gasteiger partial charge in [-0.1, -0.05) is 78.0 Å². The Hall–Kier alpha value is -2.91. The summed E-state index contributed by atoms with van der Waals surface area (Å²) in [5.41, 5.74) is 3.43. The Morgan fingerprint density at radius 3 is 2.57 bits per heavy atom. The van der Waals surface area contributed by atoms with Gasteiger partial charge in [0.05, 0.1) is 10.9 Å². The molecule has 2 nitrogen and oxygen atoms in total. The highest BCUT2D eigenvalue weighted by Crippen LogP contribution is 2.31. The maximum Gasteiger partial charge on any atom is 0.264 e. The van der Waals surface area contributed by atoms with E-state index in [1.807, 2.05) is 66.7 Å². The molecular formula is C25H20BrNO. The minimum absolute atomic E-state index is 0.0299. The Morgan fingerprint density at radius 1 is 1.04 bits per heavy atom. The second-order valence-corrected chi connectivity index (χ2v) is 7.62. The molecule has 0 bridgehead atoms. The summed E-state index contributed by atoms with van der Waals surface area (Å²) in [5, 5.41) is 2.67. The molecule has 0 unspecified atom stereocenters. The van der Waals surface area contributed by atoms with Crippen molar-refractivity contribution in [3.8, 4) is 5.69 Å². The molecule has 1 aromatic heterocycles. The van der Waals surface area contributed by atoms with E-state index in [2.05, 4.69) is 41.6 Å². The molecule has 3 aromatic carbocycles. The van der Waals surface area contributed by atoms with Gasteiger partial charge in [0.1, 0.15) is 0 Å². The molecule has 0 aliphatic heterocycles. The van der Waals surface area contributed by atoms with Gasteiger partial charge in [-0.2, -0.15) is 0 Å². The molecule has 28 heavy (non-hydrogen) atoms. The number of hydrogen-bond acceptors (Lipinski definition) is 1. The molecule has 138 valence electrons. The largest absolute Gasteiger partial charge is 0.276 e. The van der Waals surface area contributed by atoms with Crippen molar-refractivity contribution in [2.45, 2.75) is 13.3 Å². The van der Waals surface area contributed by atoms with E-state index in [4.69, 9.17) is 0 Å². The Bertz CT molecular complexity index is 1280. The lowest BCUT2D eigenvalue weighted by Gasteiger charge is -2.16. The molecule has 4 aromatic rings. The van der Waals surface area contributed by atoms with Gasteiger partial charge in [-0.15, -0.1) is 0 Å². The monoisotopic (exact) mass is 429 g/mol. The fraction of sp³-hybridized carbons (Fsp3) is 0.0800. The maximum atomic E-state index is 13.7. The summed E-state index contributed by atoms with van der Waals surface area (Å²) in [7, 11) is 0. The molecule has 0 spiro atoms. The SMILES string of the molecule is C=C(/C=C\CC)c1cccc2c1c(=O)n(-c1ccccc1)c1ccc(Br)cc21.